The molecule has 0 unspecified atom stereocenters. The van der Waals surface area contributed by atoms with Gasteiger partial charge in [0.25, 0.3) is 0 Å². The summed E-state index contributed by atoms with van der Waals surface area (Å²) in [6.07, 6.45) is 48.0. The molecule has 0 atom stereocenters. The van der Waals surface area contributed by atoms with Crippen molar-refractivity contribution in [3.05, 3.63) is 71.3 Å². The Kier molecular flexibility index (Phi) is 36.1. The number of carbonyl (C=O) groups excluding carboxylic acids is 3. The van der Waals surface area contributed by atoms with E-state index in [4.69, 9.17) is 14.2 Å². The first-order chi connectivity index (χ1) is 28.0. The van der Waals surface area contributed by atoms with Crippen molar-refractivity contribution in [2.24, 2.45) is 0 Å². The maximum atomic E-state index is 13.3. The number of esters is 3. The summed E-state index contributed by atoms with van der Waals surface area (Å²) in [6, 6.07) is 4.50. The summed E-state index contributed by atoms with van der Waals surface area (Å²) in [5, 5.41) is 0. The first-order valence-electron chi connectivity index (χ1n) is 23.6. The molecule has 0 radical (unpaired) electrons. The van der Waals surface area contributed by atoms with Crippen LogP contribution in [-0.2, 0) is 14.2 Å². The van der Waals surface area contributed by atoms with E-state index in [-0.39, 0.29) is 23.3 Å². The lowest BCUT2D eigenvalue weighted by atomic mass is 10.0. The van der Waals surface area contributed by atoms with Crippen molar-refractivity contribution < 1.29 is 28.6 Å². The minimum absolute atomic E-state index is 0.0646. The molecule has 0 aliphatic heterocycles. The molecule has 0 spiro atoms. The Balaban J connectivity index is 2.53. The Hall–Kier alpha value is -3.15. The van der Waals surface area contributed by atoms with Crippen molar-refractivity contribution >= 4 is 17.9 Å². The van der Waals surface area contributed by atoms with Gasteiger partial charge in [-0.2, -0.15) is 0 Å². The minimum Gasteiger partial charge on any atom is -0.462 e. The van der Waals surface area contributed by atoms with Gasteiger partial charge in [0.15, 0.2) is 0 Å². The number of benzene rings is 1. The van der Waals surface area contributed by atoms with Crippen LogP contribution in [0, 0.1) is 0 Å². The summed E-state index contributed by atoms with van der Waals surface area (Å²) in [5.41, 5.74) is 0.439. The Morgan fingerprint density at radius 2 is 0.667 bits per heavy atom. The average Bonchev–Trinajstić information content (AvgIpc) is 3.22. The van der Waals surface area contributed by atoms with Crippen LogP contribution in [0.3, 0.4) is 0 Å². The van der Waals surface area contributed by atoms with Gasteiger partial charge in [-0.15, -0.1) is 0 Å². The molecule has 0 heterocycles. The van der Waals surface area contributed by atoms with Crippen LogP contribution >= 0.6 is 0 Å². The van der Waals surface area contributed by atoms with E-state index in [2.05, 4.69) is 57.2 Å². The second-order valence-electron chi connectivity index (χ2n) is 15.7. The molecule has 0 fully saturated rings. The molecule has 0 aliphatic rings. The van der Waals surface area contributed by atoms with Crippen LogP contribution < -0.4 is 0 Å². The largest absolute Gasteiger partial charge is 0.462 e. The highest BCUT2D eigenvalue weighted by Gasteiger charge is 2.22. The molecule has 1 rings (SSSR count). The molecule has 0 saturated carbocycles. The monoisotopic (exact) mass is 793 g/mol. The van der Waals surface area contributed by atoms with E-state index < -0.39 is 17.9 Å². The first kappa shape index (κ1) is 51.9. The quantitative estimate of drug-likeness (QED) is 0.0286. The van der Waals surface area contributed by atoms with E-state index in [9.17, 15) is 14.4 Å². The highest BCUT2D eigenvalue weighted by atomic mass is 16.5. The minimum atomic E-state index is -0.604. The number of allylic oxidation sites excluding steroid dienone is 6. The third kappa shape index (κ3) is 30.6. The van der Waals surface area contributed by atoms with Gasteiger partial charge in [-0.3, -0.25) is 0 Å². The Morgan fingerprint density at radius 1 is 0.368 bits per heavy atom. The number of hydrogen-bond donors (Lipinski definition) is 0. The van der Waals surface area contributed by atoms with Crippen LogP contribution in [-0.4, -0.2) is 37.7 Å². The normalized spacial score (nSPS) is 11.6. The molecule has 0 amide bonds. The van der Waals surface area contributed by atoms with Gasteiger partial charge in [0.1, 0.15) is 0 Å². The molecule has 324 valence electrons. The Morgan fingerprint density at radius 3 is 1.02 bits per heavy atom. The summed E-state index contributed by atoms with van der Waals surface area (Å²) in [6.45, 7) is 7.42. The SMILES string of the molecule is CC/C=C/CCCCCCCCCCOC(=O)c1ccc(C(=O)OCCCCCCCCCC/C=C/CC)c(C(=O)OCCCCCCCCCC/C=C/CC)c1. The van der Waals surface area contributed by atoms with E-state index in [0.29, 0.717) is 13.2 Å². The predicted octanol–water partition coefficient (Wildman–Crippen LogP) is 15.6. The topological polar surface area (TPSA) is 78.9 Å². The summed E-state index contributed by atoms with van der Waals surface area (Å²) < 4.78 is 16.8. The lowest BCUT2D eigenvalue weighted by Gasteiger charge is -2.12. The van der Waals surface area contributed by atoms with Crippen LogP contribution in [0.2, 0.25) is 0 Å². The van der Waals surface area contributed by atoms with Crippen LogP contribution in [0.15, 0.2) is 54.7 Å². The smallest absolute Gasteiger partial charge is 0.339 e. The zero-order valence-electron chi connectivity index (χ0n) is 37.0. The summed E-state index contributed by atoms with van der Waals surface area (Å²) in [4.78, 5) is 39.5. The number of ether oxygens (including phenoxy) is 3. The van der Waals surface area contributed by atoms with Gasteiger partial charge in [0.2, 0.25) is 0 Å². The maximum Gasteiger partial charge on any atom is 0.339 e. The fourth-order valence-electron chi connectivity index (χ4n) is 6.88. The van der Waals surface area contributed by atoms with Crippen LogP contribution in [0.4, 0.5) is 0 Å². The maximum absolute atomic E-state index is 13.3. The zero-order valence-corrected chi connectivity index (χ0v) is 37.0. The van der Waals surface area contributed by atoms with Crippen molar-refractivity contribution in [3.63, 3.8) is 0 Å². The van der Waals surface area contributed by atoms with Gasteiger partial charge in [-0.05, 0) is 95.2 Å². The van der Waals surface area contributed by atoms with Crippen molar-refractivity contribution in [2.45, 2.75) is 213 Å². The molecule has 6 nitrogen and oxygen atoms in total. The van der Waals surface area contributed by atoms with E-state index >= 15 is 0 Å². The third-order valence-corrected chi connectivity index (χ3v) is 10.4. The average molecular weight is 793 g/mol. The van der Waals surface area contributed by atoms with E-state index in [1.807, 2.05) is 0 Å². The Bertz CT molecular complexity index is 1210. The highest BCUT2D eigenvalue weighted by Crippen LogP contribution is 2.19. The number of rotatable bonds is 39. The highest BCUT2D eigenvalue weighted by molar-refractivity contribution is 6.05. The van der Waals surface area contributed by atoms with Crippen molar-refractivity contribution in [1.82, 2.24) is 0 Å². The van der Waals surface area contributed by atoms with Gasteiger partial charge in [-0.25, -0.2) is 14.4 Å². The molecule has 0 saturated heterocycles. The first-order valence-corrected chi connectivity index (χ1v) is 23.6. The molecule has 1 aromatic carbocycles. The van der Waals surface area contributed by atoms with Crippen LogP contribution in [0.5, 0.6) is 0 Å². The van der Waals surface area contributed by atoms with Crippen LogP contribution in [0.25, 0.3) is 0 Å². The van der Waals surface area contributed by atoms with Gasteiger partial charge in [0, 0.05) is 0 Å². The van der Waals surface area contributed by atoms with E-state index in [1.54, 1.807) is 6.07 Å². The fourth-order valence-corrected chi connectivity index (χ4v) is 6.88. The number of carbonyl (C=O) groups is 3. The van der Waals surface area contributed by atoms with Gasteiger partial charge >= 0.3 is 17.9 Å². The molecule has 0 N–H and O–H groups in total. The standard InChI is InChI=1S/C51H84O6/c1-4-7-10-13-16-19-22-25-28-31-34-37-42-55-49(52)46-40-41-47(50(53)56-43-38-35-32-29-26-23-20-17-14-11-8-5-2)48(45-46)51(54)57-44-39-36-33-30-27-24-21-18-15-12-9-6-3/h7-12,40-41,45H,4-6,13-39,42-44H2,1-3H3/b10-7+,11-8+,12-9+. The molecular formula is C51H84O6. The number of hydrogen-bond acceptors (Lipinski definition) is 6. The third-order valence-electron chi connectivity index (χ3n) is 10.4. The molecule has 0 aromatic heterocycles. The summed E-state index contributed by atoms with van der Waals surface area (Å²) in [5.74, 6) is -1.66. The summed E-state index contributed by atoms with van der Waals surface area (Å²) in [7, 11) is 0. The fraction of sp³-hybridized carbons (Fsp3) is 0.706. The van der Waals surface area contributed by atoms with Crippen molar-refractivity contribution in [1.29, 1.82) is 0 Å². The molecule has 0 bridgehead atoms. The summed E-state index contributed by atoms with van der Waals surface area (Å²) >= 11 is 0. The second-order valence-corrected chi connectivity index (χ2v) is 15.7. The lowest BCUT2D eigenvalue weighted by Crippen LogP contribution is -2.17. The van der Waals surface area contributed by atoms with Crippen molar-refractivity contribution in [3.8, 4) is 0 Å². The molecule has 6 heteroatoms. The van der Waals surface area contributed by atoms with Gasteiger partial charge in [-0.1, -0.05) is 173 Å². The molecule has 0 aliphatic carbocycles. The van der Waals surface area contributed by atoms with Crippen molar-refractivity contribution in [2.75, 3.05) is 19.8 Å². The lowest BCUT2D eigenvalue weighted by molar-refractivity contribution is 0.0447. The number of unbranched alkanes of at least 4 members (excludes halogenated alkanes) is 24. The van der Waals surface area contributed by atoms with Crippen LogP contribution in [0.1, 0.15) is 244 Å². The van der Waals surface area contributed by atoms with Gasteiger partial charge < -0.3 is 14.2 Å². The van der Waals surface area contributed by atoms with Gasteiger partial charge in [0.05, 0.1) is 36.5 Å². The van der Waals surface area contributed by atoms with E-state index in [0.717, 1.165) is 77.0 Å². The predicted molar refractivity (Wildman–Crippen MR) is 240 cm³/mol. The molecule has 57 heavy (non-hydrogen) atoms. The second kappa shape index (κ2) is 39.7. The molecular weight excluding hydrogens is 709 g/mol. The van der Waals surface area contributed by atoms with E-state index in [1.165, 1.54) is 128 Å². The zero-order chi connectivity index (χ0) is 41.3. The molecule has 1 aromatic rings. The Labute approximate surface area is 350 Å².